The number of nitrogens with zero attached hydrogens (tertiary/aromatic N) is 3. The van der Waals surface area contributed by atoms with E-state index in [0.717, 1.165) is 38.5 Å². The van der Waals surface area contributed by atoms with Gasteiger partial charge in [0.2, 0.25) is 11.8 Å². The Morgan fingerprint density at radius 3 is 2.85 bits per heavy atom. The van der Waals surface area contributed by atoms with Gasteiger partial charge in [0.1, 0.15) is 5.75 Å². The van der Waals surface area contributed by atoms with E-state index in [1.807, 2.05) is 6.07 Å². The van der Waals surface area contributed by atoms with Gasteiger partial charge >= 0.3 is 0 Å². The van der Waals surface area contributed by atoms with Crippen LogP contribution in [0.15, 0.2) is 18.3 Å². The molecule has 0 aromatic carbocycles. The minimum absolute atomic E-state index is 0.0565. The molecule has 2 amide bonds. The number of carbonyl (C=O) groups is 2. The van der Waals surface area contributed by atoms with E-state index in [-0.39, 0.29) is 24.2 Å². The van der Waals surface area contributed by atoms with E-state index >= 15 is 0 Å². The van der Waals surface area contributed by atoms with Crippen LogP contribution < -0.4 is 10.1 Å². The van der Waals surface area contributed by atoms with Crippen LogP contribution in [0.1, 0.15) is 12.1 Å². The number of hydrogen-bond donors (Lipinski definition) is 1. The Morgan fingerprint density at radius 2 is 2.15 bits per heavy atom. The molecule has 0 radical (unpaired) electrons. The molecule has 1 atom stereocenters. The number of rotatable bonds is 7. The normalized spacial score (nSPS) is 21.0. The molecule has 8 nitrogen and oxygen atoms in total. The minimum atomic E-state index is -0.287. The molecule has 2 aliphatic heterocycles. The summed E-state index contributed by atoms with van der Waals surface area (Å²) >= 11 is 0. The number of hydrogen-bond acceptors (Lipinski definition) is 6. The van der Waals surface area contributed by atoms with Crippen molar-refractivity contribution < 1.29 is 19.1 Å². The third-order valence-corrected chi connectivity index (χ3v) is 4.85. The lowest BCUT2D eigenvalue weighted by molar-refractivity contribution is -0.129. The molecule has 3 heterocycles. The number of ether oxygens (including phenoxy) is 2. The quantitative estimate of drug-likeness (QED) is 0.729. The average molecular weight is 362 g/mol. The number of nitrogens with one attached hydrogen (secondary N) is 1. The number of morpholine rings is 1. The molecule has 1 aromatic rings. The maximum Gasteiger partial charge on any atom is 0.225 e. The van der Waals surface area contributed by atoms with Crippen molar-refractivity contribution in [3.8, 4) is 5.75 Å². The van der Waals surface area contributed by atoms with Gasteiger partial charge in [-0.2, -0.15) is 0 Å². The highest BCUT2D eigenvalue weighted by molar-refractivity contribution is 5.89. The molecule has 26 heavy (non-hydrogen) atoms. The van der Waals surface area contributed by atoms with E-state index < -0.39 is 0 Å². The second-order valence-electron chi connectivity index (χ2n) is 6.60. The molecule has 0 aliphatic carbocycles. The van der Waals surface area contributed by atoms with E-state index in [4.69, 9.17) is 9.47 Å². The van der Waals surface area contributed by atoms with Gasteiger partial charge in [0.15, 0.2) is 0 Å². The summed E-state index contributed by atoms with van der Waals surface area (Å²) in [6.45, 7) is 5.65. The first kappa shape index (κ1) is 18.6. The Balaban J connectivity index is 1.42. The van der Waals surface area contributed by atoms with Gasteiger partial charge in [-0.1, -0.05) is 0 Å². The van der Waals surface area contributed by atoms with Gasteiger partial charge in [-0.15, -0.1) is 0 Å². The number of pyridine rings is 1. The molecule has 3 rings (SSSR count). The maximum absolute atomic E-state index is 12.4. The van der Waals surface area contributed by atoms with Gasteiger partial charge in [-0.25, -0.2) is 0 Å². The van der Waals surface area contributed by atoms with Crippen molar-refractivity contribution in [1.29, 1.82) is 0 Å². The van der Waals surface area contributed by atoms with Crippen LogP contribution in [-0.4, -0.2) is 79.6 Å². The predicted molar refractivity (Wildman–Crippen MR) is 94.6 cm³/mol. The van der Waals surface area contributed by atoms with Crippen molar-refractivity contribution in [3.05, 3.63) is 24.0 Å². The third-order valence-electron chi connectivity index (χ3n) is 4.85. The summed E-state index contributed by atoms with van der Waals surface area (Å²) < 4.78 is 10.4. The highest BCUT2D eigenvalue weighted by atomic mass is 16.5. The molecule has 142 valence electrons. The Hall–Kier alpha value is -2.19. The summed E-state index contributed by atoms with van der Waals surface area (Å²) in [5.41, 5.74) is 0.757. The van der Waals surface area contributed by atoms with Crippen LogP contribution in [-0.2, 0) is 20.9 Å². The summed E-state index contributed by atoms with van der Waals surface area (Å²) in [5, 5.41) is 2.88. The first-order valence-corrected chi connectivity index (χ1v) is 9.00. The molecule has 0 saturated carbocycles. The van der Waals surface area contributed by atoms with Crippen LogP contribution in [0.2, 0.25) is 0 Å². The van der Waals surface area contributed by atoms with Gasteiger partial charge < -0.3 is 19.7 Å². The van der Waals surface area contributed by atoms with Gasteiger partial charge in [0.05, 0.1) is 44.7 Å². The molecule has 1 N–H and O–H groups in total. The first-order valence-electron chi connectivity index (χ1n) is 9.00. The molecule has 2 saturated heterocycles. The molecule has 1 aromatic heterocycles. The van der Waals surface area contributed by atoms with Crippen molar-refractivity contribution in [3.63, 3.8) is 0 Å². The lowest BCUT2D eigenvalue weighted by atomic mass is 10.1. The molecular formula is C18H26N4O4. The van der Waals surface area contributed by atoms with E-state index in [2.05, 4.69) is 15.2 Å². The largest absolute Gasteiger partial charge is 0.495 e. The fourth-order valence-corrected chi connectivity index (χ4v) is 3.21. The Morgan fingerprint density at radius 1 is 1.35 bits per heavy atom. The molecule has 8 heteroatoms. The lowest BCUT2D eigenvalue weighted by Gasteiger charge is -2.28. The average Bonchev–Trinajstić information content (AvgIpc) is 3.06. The van der Waals surface area contributed by atoms with E-state index in [9.17, 15) is 9.59 Å². The van der Waals surface area contributed by atoms with Crippen LogP contribution in [0.5, 0.6) is 5.75 Å². The van der Waals surface area contributed by atoms with Gasteiger partial charge in [-0.05, 0) is 12.1 Å². The highest BCUT2D eigenvalue weighted by Crippen LogP contribution is 2.18. The summed E-state index contributed by atoms with van der Waals surface area (Å²) in [4.78, 5) is 32.9. The zero-order chi connectivity index (χ0) is 18.4. The van der Waals surface area contributed by atoms with Crippen molar-refractivity contribution in [1.82, 2.24) is 20.1 Å². The molecule has 1 unspecified atom stereocenters. The number of amides is 2. The van der Waals surface area contributed by atoms with E-state index in [1.165, 1.54) is 0 Å². The van der Waals surface area contributed by atoms with Crippen LogP contribution in [0, 0.1) is 5.92 Å². The van der Waals surface area contributed by atoms with Crippen LogP contribution >= 0.6 is 0 Å². The fraction of sp³-hybridized carbons (Fsp3) is 0.611. The molecule has 2 aliphatic rings. The lowest BCUT2D eigenvalue weighted by Crippen LogP contribution is -2.42. The summed E-state index contributed by atoms with van der Waals surface area (Å²) in [5.74, 6) is 0.355. The molecule has 0 bridgehead atoms. The second-order valence-corrected chi connectivity index (χ2v) is 6.60. The van der Waals surface area contributed by atoms with E-state index in [1.54, 1.807) is 24.3 Å². The molecule has 2 fully saturated rings. The summed E-state index contributed by atoms with van der Waals surface area (Å²) in [7, 11) is 1.58. The summed E-state index contributed by atoms with van der Waals surface area (Å²) in [6, 6.07) is 3.62. The molecule has 0 spiro atoms. The standard InChI is InChI=1S/C18H26N4O4/c1-25-16-3-2-15(19-12-16)11-20-18(24)14-10-17(23)22(13-14)5-4-21-6-8-26-9-7-21/h2-3,12,14H,4-11,13H2,1H3,(H,20,24). The number of likely N-dealkylation sites (tertiary alicyclic amines) is 1. The Bertz CT molecular complexity index is 616. The SMILES string of the molecule is COc1ccc(CNC(=O)C2CC(=O)N(CCN3CCOCC3)C2)nc1. The topological polar surface area (TPSA) is 84.0 Å². The number of aromatic nitrogens is 1. The van der Waals surface area contributed by atoms with Gasteiger partial charge in [-0.3, -0.25) is 19.5 Å². The maximum atomic E-state index is 12.4. The van der Waals surface area contributed by atoms with Crippen molar-refractivity contribution in [2.24, 2.45) is 5.92 Å². The third kappa shape index (κ3) is 4.92. The monoisotopic (exact) mass is 362 g/mol. The fourth-order valence-electron chi connectivity index (χ4n) is 3.21. The summed E-state index contributed by atoms with van der Waals surface area (Å²) in [6.07, 6.45) is 1.90. The van der Waals surface area contributed by atoms with Crippen molar-refractivity contribution >= 4 is 11.8 Å². The number of carbonyl (C=O) groups excluding carboxylic acids is 2. The minimum Gasteiger partial charge on any atom is -0.495 e. The van der Waals surface area contributed by atoms with Crippen LogP contribution in [0.4, 0.5) is 0 Å². The number of methoxy groups -OCH3 is 1. The zero-order valence-corrected chi connectivity index (χ0v) is 15.1. The highest BCUT2D eigenvalue weighted by Gasteiger charge is 2.34. The Labute approximate surface area is 153 Å². The predicted octanol–water partition coefficient (Wildman–Crippen LogP) is -0.113. The molecular weight excluding hydrogens is 336 g/mol. The van der Waals surface area contributed by atoms with E-state index in [0.29, 0.717) is 25.4 Å². The van der Waals surface area contributed by atoms with Crippen LogP contribution in [0.25, 0.3) is 0 Å². The van der Waals surface area contributed by atoms with Gasteiger partial charge in [0, 0.05) is 39.1 Å². The zero-order valence-electron chi connectivity index (χ0n) is 15.1. The van der Waals surface area contributed by atoms with Crippen LogP contribution in [0.3, 0.4) is 0 Å². The first-order chi connectivity index (χ1) is 12.7. The van der Waals surface area contributed by atoms with Crippen molar-refractivity contribution in [2.45, 2.75) is 13.0 Å². The Kier molecular flexibility index (Phi) is 6.40. The van der Waals surface area contributed by atoms with Crippen molar-refractivity contribution in [2.75, 3.05) is 53.0 Å². The smallest absolute Gasteiger partial charge is 0.225 e. The second kappa shape index (κ2) is 8.95. The van der Waals surface area contributed by atoms with Gasteiger partial charge in [0.25, 0.3) is 0 Å².